The van der Waals surface area contributed by atoms with Crippen LogP contribution in [0.5, 0.6) is 0 Å². The zero-order valence-electron chi connectivity index (χ0n) is 12.7. The molecule has 0 saturated heterocycles. The number of nitrogens with zero attached hydrogens (tertiary/aromatic N) is 1. The van der Waals surface area contributed by atoms with Gasteiger partial charge >= 0.3 is 5.97 Å². The number of esters is 1. The number of ether oxygens (including phenoxy) is 1. The number of carbonyl (C=O) groups is 2. The van der Waals surface area contributed by atoms with E-state index in [-0.39, 0.29) is 12.3 Å². The molecule has 0 aromatic carbocycles. The summed E-state index contributed by atoms with van der Waals surface area (Å²) in [6.07, 6.45) is 0. The number of ketones is 1. The number of rotatable bonds is 7. The Labute approximate surface area is 111 Å². The molecule has 0 N–H and O–H groups in total. The summed E-state index contributed by atoms with van der Waals surface area (Å²) < 4.78 is 4.94. The topological polar surface area (TPSA) is 46.6 Å². The Kier molecular flexibility index (Phi) is 6.54. The summed E-state index contributed by atoms with van der Waals surface area (Å²) in [5, 5.41) is 0. The Morgan fingerprint density at radius 1 is 1.22 bits per heavy atom. The largest absolute Gasteiger partial charge is 0.465 e. The lowest BCUT2D eigenvalue weighted by atomic mass is 9.87. The van der Waals surface area contributed by atoms with Crippen molar-refractivity contribution in [3.8, 4) is 0 Å². The maximum Gasteiger partial charge on any atom is 0.319 e. The standard InChI is InChI=1S/C14H27NO3/c1-8-18-13(17)14(5,6)12(16)9-15(7)11(4)10(2)3/h10-11H,8-9H2,1-7H3. The van der Waals surface area contributed by atoms with Crippen LogP contribution in [-0.4, -0.2) is 42.9 Å². The van der Waals surface area contributed by atoms with E-state index in [1.165, 1.54) is 0 Å². The molecule has 4 nitrogen and oxygen atoms in total. The first-order chi connectivity index (χ1) is 8.14. The minimum absolute atomic E-state index is 0.101. The predicted molar refractivity (Wildman–Crippen MR) is 72.4 cm³/mol. The fraction of sp³-hybridized carbons (Fsp3) is 0.857. The van der Waals surface area contributed by atoms with Gasteiger partial charge in [0.25, 0.3) is 0 Å². The van der Waals surface area contributed by atoms with Gasteiger partial charge < -0.3 is 4.74 Å². The third-order valence-corrected chi connectivity index (χ3v) is 3.54. The molecule has 0 fully saturated rings. The Morgan fingerprint density at radius 2 is 1.72 bits per heavy atom. The molecule has 0 radical (unpaired) electrons. The molecule has 0 rings (SSSR count). The second kappa shape index (κ2) is 6.88. The van der Waals surface area contributed by atoms with E-state index < -0.39 is 11.4 Å². The summed E-state index contributed by atoms with van der Waals surface area (Å²) in [5.41, 5.74) is -1.07. The monoisotopic (exact) mass is 257 g/mol. The molecule has 1 unspecified atom stereocenters. The zero-order valence-corrected chi connectivity index (χ0v) is 12.7. The first kappa shape index (κ1) is 17.1. The van der Waals surface area contributed by atoms with E-state index in [9.17, 15) is 9.59 Å². The van der Waals surface area contributed by atoms with Crippen molar-refractivity contribution in [2.45, 2.75) is 47.6 Å². The lowest BCUT2D eigenvalue weighted by Gasteiger charge is -2.30. The van der Waals surface area contributed by atoms with E-state index in [4.69, 9.17) is 4.74 Å². The Morgan fingerprint density at radius 3 is 2.11 bits per heavy atom. The van der Waals surface area contributed by atoms with E-state index in [0.717, 1.165) is 0 Å². The second-order valence-electron chi connectivity index (χ2n) is 5.67. The number of hydrogen-bond donors (Lipinski definition) is 0. The number of Topliss-reactive ketones (excluding diaryl/α,β-unsaturated/α-hetero) is 1. The predicted octanol–water partition coefficient (Wildman–Crippen LogP) is 2.12. The van der Waals surface area contributed by atoms with E-state index in [1.807, 2.05) is 11.9 Å². The Balaban J connectivity index is 4.61. The van der Waals surface area contributed by atoms with Gasteiger partial charge in [-0.1, -0.05) is 13.8 Å². The molecular formula is C14H27NO3. The average molecular weight is 257 g/mol. The minimum atomic E-state index is -1.07. The molecule has 4 heteroatoms. The molecule has 0 amide bonds. The van der Waals surface area contributed by atoms with Crippen LogP contribution in [0.25, 0.3) is 0 Å². The summed E-state index contributed by atoms with van der Waals surface area (Å²) in [5.74, 6) is -0.0787. The van der Waals surface area contributed by atoms with Gasteiger partial charge in [-0.2, -0.15) is 0 Å². The summed E-state index contributed by atoms with van der Waals surface area (Å²) in [4.78, 5) is 25.9. The van der Waals surface area contributed by atoms with Crippen molar-refractivity contribution in [1.29, 1.82) is 0 Å². The van der Waals surface area contributed by atoms with Crippen LogP contribution in [0, 0.1) is 11.3 Å². The van der Waals surface area contributed by atoms with Crippen LogP contribution in [0.2, 0.25) is 0 Å². The van der Waals surface area contributed by atoms with Crippen LogP contribution >= 0.6 is 0 Å². The van der Waals surface area contributed by atoms with E-state index in [0.29, 0.717) is 18.6 Å². The first-order valence-electron chi connectivity index (χ1n) is 6.55. The second-order valence-corrected chi connectivity index (χ2v) is 5.67. The molecule has 0 aliphatic carbocycles. The van der Waals surface area contributed by atoms with Crippen molar-refractivity contribution < 1.29 is 14.3 Å². The van der Waals surface area contributed by atoms with Crippen LogP contribution in [0.4, 0.5) is 0 Å². The fourth-order valence-electron chi connectivity index (χ4n) is 1.50. The van der Waals surface area contributed by atoms with Gasteiger partial charge in [-0.25, -0.2) is 0 Å². The van der Waals surface area contributed by atoms with Crippen LogP contribution in [0.15, 0.2) is 0 Å². The molecule has 0 aromatic heterocycles. The summed E-state index contributed by atoms with van der Waals surface area (Å²) in [6, 6.07) is 0.298. The highest BCUT2D eigenvalue weighted by molar-refractivity contribution is 6.03. The van der Waals surface area contributed by atoms with Gasteiger partial charge in [-0.05, 0) is 40.7 Å². The number of carbonyl (C=O) groups excluding carboxylic acids is 2. The third kappa shape index (κ3) is 4.41. The van der Waals surface area contributed by atoms with Gasteiger partial charge in [-0.15, -0.1) is 0 Å². The summed E-state index contributed by atoms with van der Waals surface area (Å²) in [7, 11) is 1.91. The molecule has 0 heterocycles. The maximum atomic E-state index is 12.2. The van der Waals surface area contributed by atoms with Gasteiger partial charge in [0.2, 0.25) is 0 Å². The van der Waals surface area contributed by atoms with Crippen molar-refractivity contribution in [2.24, 2.45) is 11.3 Å². The molecule has 0 saturated carbocycles. The average Bonchev–Trinajstić information content (AvgIpc) is 2.27. The lowest BCUT2D eigenvalue weighted by Crippen LogP contribution is -2.44. The molecule has 106 valence electrons. The highest BCUT2D eigenvalue weighted by Crippen LogP contribution is 2.20. The quantitative estimate of drug-likeness (QED) is 0.518. The van der Waals surface area contributed by atoms with E-state index in [1.54, 1.807) is 20.8 Å². The van der Waals surface area contributed by atoms with Crippen LogP contribution in [0.3, 0.4) is 0 Å². The fourth-order valence-corrected chi connectivity index (χ4v) is 1.50. The van der Waals surface area contributed by atoms with Gasteiger partial charge in [0.1, 0.15) is 5.41 Å². The number of hydrogen-bond acceptors (Lipinski definition) is 4. The molecular weight excluding hydrogens is 230 g/mol. The Bertz CT molecular complexity index is 297. The SMILES string of the molecule is CCOC(=O)C(C)(C)C(=O)CN(C)C(C)C(C)C. The van der Waals surface area contributed by atoms with Gasteiger partial charge in [-0.3, -0.25) is 14.5 Å². The molecule has 18 heavy (non-hydrogen) atoms. The first-order valence-corrected chi connectivity index (χ1v) is 6.55. The van der Waals surface area contributed by atoms with E-state index >= 15 is 0 Å². The van der Waals surface area contributed by atoms with Crippen molar-refractivity contribution >= 4 is 11.8 Å². The minimum Gasteiger partial charge on any atom is -0.465 e. The number of likely N-dealkylation sites (N-methyl/N-ethyl adjacent to an activating group) is 1. The van der Waals surface area contributed by atoms with Crippen molar-refractivity contribution in [3.63, 3.8) is 0 Å². The summed E-state index contributed by atoms with van der Waals surface area (Å²) >= 11 is 0. The lowest BCUT2D eigenvalue weighted by molar-refractivity contribution is -0.158. The highest BCUT2D eigenvalue weighted by Gasteiger charge is 2.37. The van der Waals surface area contributed by atoms with Crippen molar-refractivity contribution in [3.05, 3.63) is 0 Å². The van der Waals surface area contributed by atoms with E-state index in [2.05, 4.69) is 20.8 Å². The van der Waals surface area contributed by atoms with Gasteiger partial charge in [0, 0.05) is 6.04 Å². The molecule has 0 aliphatic rings. The van der Waals surface area contributed by atoms with Crippen LogP contribution in [-0.2, 0) is 14.3 Å². The highest BCUT2D eigenvalue weighted by atomic mass is 16.5. The van der Waals surface area contributed by atoms with Crippen LogP contribution in [0.1, 0.15) is 41.5 Å². The van der Waals surface area contributed by atoms with Crippen LogP contribution < -0.4 is 0 Å². The molecule has 0 spiro atoms. The molecule has 0 bridgehead atoms. The summed E-state index contributed by atoms with van der Waals surface area (Å²) in [6.45, 7) is 11.9. The molecule has 1 atom stereocenters. The third-order valence-electron chi connectivity index (χ3n) is 3.54. The van der Waals surface area contributed by atoms with Gasteiger partial charge in [0.05, 0.1) is 13.2 Å². The van der Waals surface area contributed by atoms with Crippen molar-refractivity contribution in [1.82, 2.24) is 4.90 Å². The zero-order chi connectivity index (χ0) is 14.5. The normalized spacial score (nSPS) is 13.8. The maximum absolute atomic E-state index is 12.2. The molecule has 0 aliphatic heterocycles. The Hall–Kier alpha value is -0.900. The van der Waals surface area contributed by atoms with Gasteiger partial charge in [0.15, 0.2) is 5.78 Å². The smallest absolute Gasteiger partial charge is 0.319 e. The molecule has 0 aromatic rings. The van der Waals surface area contributed by atoms with Crippen molar-refractivity contribution in [2.75, 3.05) is 20.2 Å².